The Labute approximate surface area is 418 Å². The minimum absolute atomic E-state index is 0.00274. The van der Waals surface area contributed by atoms with E-state index in [0.717, 1.165) is 0 Å². The highest BCUT2D eigenvalue weighted by molar-refractivity contribution is 7.89. The number of aliphatic hydroxyl groups is 2. The molecule has 1 fully saturated rings. The van der Waals surface area contributed by atoms with E-state index in [4.69, 9.17) is 33.7 Å². The average molecular weight is 1010 g/mol. The molecule has 6 atom stereocenters. The van der Waals surface area contributed by atoms with Crippen molar-refractivity contribution in [3.8, 4) is 23.0 Å². The van der Waals surface area contributed by atoms with Crippen LogP contribution >= 0.6 is 0 Å². The summed E-state index contributed by atoms with van der Waals surface area (Å²) in [5, 5.41) is 39.6. The number of sulfonamides is 1. The number of nitrogens with one attached hydrogen (secondary N) is 1. The lowest BCUT2D eigenvalue weighted by molar-refractivity contribution is -0.384. The van der Waals surface area contributed by atoms with Crippen LogP contribution in [0.25, 0.3) is 10.9 Å². The van der Waals surface area contributed by atoms with Crippen LogP contribution in [0.5, 0.6) is 23.0 Å². The van der Waals surface area contributed by atoms with Crippen LogP contribution in [-0.4, -0.2) is 97.6 Å². The van der Waals surface area contributed by atoms with Gasteiger partial charge in [0, 0.05) is 67.9 Å². The lowest BCUT2D eigenvalue weighted by atomic mass is 9.55. The quantitative estimate of drug-likeness (QED) is 0.0254. The van der Waals surface area contributed by atoms with Gasteiger partial charge in [0.15, 0.2) is 0 Å². The number of methoxy groups -OCH3 is 2. The molecule has 0 saturated heterocycles. The summed E-state index contributed by atoms with van der Waals surface area (Å²) in [5.74, 6) is -1.90. The number of aromatic nitrogens is 1. The lowest BCUT2D eigenvalue weighted by Gasteiger charge is -2.59. The number of para-hydroxylation sites is 1. The average Bonchev–Trinajstić information content (AvgIpc) is 3.39. The molecule has 0 spiro atoms. The number of carbonyl (C=O) groups is 1. The minimum Gasteiger partial charge on any atom is -0.497 e. The van der Waals surface area contributed by atoms with Crippen LogP contribution in [0.1, 0.15) is 62.0 Å². The molecule has 0 radical (unpaired) electrons. The van der Waals surface area contributed by atoms with Crippen LogP contribution < -0.4 is 24.3 Å². The van der Waals surface area contributed by atoms with Gasteiger partial charge in [-0.1, -0.05) is 48.3 Å². The molecule has 18 nitrogen and oxygen atoms in total. The Morgan fingerprint density at radius 2 is 1.74 bits per heavy atom. The predicted molar refractivity (Wildman–Crippen MR) is 269 cm³/mol. The molecule has 4 aromatic carbocycles. The summed E-state index contributed by atoms with van der Waals surface area (Å²) in [5.41, 5.74) is 2.97. The largest absolute Gasteiger partial charge is 0.497 e. The zero-order valence-corrected chi connectivity index (χ0v) is 41.2. The van der Waals surface area contributed by atoms with E-state index in [0.29, 0.717) is 89.3 Å². The SMILES string of the molecule is C=CCOC12Oc3ccc(OC(=O)Nc4ccc(OC)cc4OC)cc3C3C(CCCCO)C(CCCCO)C=C(C(=NOCc4ccc([N+](=O)[O-])cc4)CC1N(C)S(=O)(=O)c1cccc4cccnc14)C32. The summed E-state index contributed by atoms with van der Waals surface area (Å²) < 4.78 is 62.9. The Hall–Kier alpha value is -6.90. The molecule has 72 heavy (non-hydrogen) atoms. The second kappa shape index (κ2) is 22.7. The fraction of sp³-hybridized carbons (Fsp3) is 0.377. The molecule has 1 aliphatic heterocycles. The highest BCUT2D eigenvalue weighted by atomic mass is 32.2. The van der Waals surface area contributed by atoms with Crippen molar-refractivity contribution in [1.29, 1.82) is 0 Å². The van der Waals surface area contributed by atoms with Gasteiger partial charge in [-0.05, 0) is 103 Å². The number of rotatable bonds is 22. The number of likely N-dealkylation sites (N-methyl/N-ethyl adjacent to an activating group) is 1. The topological polar surface area (TPSA) is 231 Å². The van der Waals surface area contributed by atoms with Crippen molar-refractivity contribution in [2.24, 2.45) is 22.9 Å². The first-order chi connectivity index (χ1) is 34.9. The van der Waals surface area contributed by atoms with E-state index in [9.17, 15) is 25.1 Å². The summed E-state index contributed by atoms with van der Waals surface area (Å²) in [6, 6.07) is 23.3. The number of nitro groups is 1. The van der Waals surface area contributed by atoms with Crippen LogP contribution in [0.15, 0.2) is 132 Å². The number of oxime groups is 1. The van der Waals surface area contributed by atoms with E-state index in [1.54, 1.807) is 85.1 Å². The summed E-state index contributed by atoms with van der Waals surface area (Å²) in [4.78, 5) is 35.2. The molecule has 380 valence electrons. The number of nitro benzene ring substituents is 1. The molecule has 19 heteroatoms. The molecule has 3 N–H and O–H groups in total. The molecule has 1 aromatic heterocycles. The van der Waals surface area contributed by atoms with Crippen LogP contribution in [0.3, 0.4) is 0 Å². The van der Waals surface area contributed by atoms with Gasteiger partial charge in [0.25, 0.3) is 5.69 Å². The number of benzene rings is 4. The number of non-ortho nitro benzene ring substituents is 1. The third kappa shape index (κ3) is 10.5. The molecule has 0 bridgehead atoms. The number of hydrogen-bond donors (Lipinski definition) is 3. The molecule has 5 aromatic rings. The highest BCUT2D eigenvalue weighted by Crippen LogP contribution is 2.62. The second-order valence-corrected chi connectivity index (χ2v) is 19.9. The van der Waals surface area contributed by atoms with Crippen molar-refractivity contribution in [3.63, 3.8) is 0 Å². The van der Waals surface area contributed by atoms with E-state index in [1.165, 1.54) is 43.8 Å². The minimum atomic E-state index is -4.41. The van der Waals surface area contributed by atoms with Crippen LogP contribution in [0.2, 0.25) is 0 Å². The Morgan fingerprint density at radius 1 is 0.986 bits per heavy atom. The molecule has 2 heterocycles. The molecule has 2 aliphatic carbocycles. The van der Waals surface area contributed by atoms with E-state index in [2.05, 4.69) is 23.0 Å². The number of anilines is 1. The van der Waals surface area contributed by atoms with Crippen molar-refractivity contribution >= 4 is 44.1 Å². The van der Waals surface area contributed by atoms with Crippen LogP contribution in [-0.2, 0) is 26.2 Å². The summed E-state index contributed by atoms with van der Waals surface area (Å²) in [6.45, 7) is 3.85. The Kier molecular flexibility index (Phi) is 16.2. The van der Waals surface area contributed by atoms with E-state index >= 15 is 8.42 Å². The van der Waals surface area contributed by atoms with Gasteiger partial charge in [0.1, 0.15) is 34.5 Å². The van der Waals surface area contributed by atoms with Crippen molar-refractivity contribution in [1.82, 2.24) is 9.29 Å². The fourth-order valence-corrected chi connectivity index (χ4v) is 11.9. The standard InChI is InChI=1S/C53H59N5O13S/c1-5-28-68-53-48(57(2)72(64,65)47-16-10-13-35-14-11-25-54-51(35)47)32-44(56-69-33-34-17-19-37(20-18-34)58(62)63)41-29-36(12-6-8-26-59)40(15-7-9-27-60)49(50(41)53)42-30-39(22-24-45(42)71-53)70-52(61)55-43-23-21-38(66-3)31-46(43)67-4/h5,10-11,13-14,16-25,29-31,36,40,48-50,59-60H,1,6-9,12,15,26-28,32-33H2,2-4H3,(H,55,61). The maximum Gasteiger partial charge on any atom is 0.417 e. The van der Waals surface area contributed by atoms with Crippen LogP contribution in [0.4, 0.5) is 16.2 Å². The smallest absolute Gasteiger partial charge is 0.417 e. The van der Waals surface area contributed by atoms with Gasteiger partial charge in [0.05, 0.1) is 54.6 Å². The number of hydrogen-bond acceptors (Lipinski definition) is 15. The summed E-state index contributed by atoms with van der Waals surface area (Å²) >= 11 is 0. The number of ether oxygens (including phenoxy) is 5. The second-order valence-electron chi connectivity index (χ2n) is 17.9. The lowest BCUT2D eigenvalue weighted by Crippen LogP contribution is -2.69. The number of pyridine rings is 1. The van der Waals surface area contributed by atoms with Crippen molar-refractivity contribution < 1.29 is 56.9 Å². The van der Waals surface area contributed by atoms with Crippen molar-refractivity contribution in [2.45, 2.75) is 74.2 Å². The van der Waals surface area contributed by atoms with Gasteiger partial charge in [0.2, 0.25) is 15.8 Å². The Bertz CT molecular complexity index is 2940. The van der Waals surface area contributed by atoms with Gasteiger partial charge in [-0.2, -0.15) is 4.31 Å². The third-order valence-electron chi connectivity index (χ3n) is 13.7. The number of nitrogens with zero attached hydrogens (tertiary/aromatic N) is 4. The van der Waals surface area contributed by atoms with Crippen molar-refractivity contribution in [3.05, 3.63) is 143 Å². The molecule has 8 rings (SSSR count). The van der Waals surface area contributed by atoms with E-state index < -0.39 is 44.7 Å². The normalized spacial score (nSPS) is 21.7. The fourth-order valence-electron chi connectivity index (χ4n) is 10.4. The van der Waals surface area contributed by atoms with Crippen molar-refractivity contribution in [2.75, 3.05) is 46.4 Å². The molecular formula is C53H59N5O13S. The van der Waals surface area contributed by atoms with E-state index in [1.807, 2.05) is 0 Å². The molecular weight excluding hydrogens is 947 g/mol. The van der Waals surface area contributed by atoms with E-state index in [-0.39, 0.29) is 66.5 Å². The third-order valence-corrected chi connectivity index (χ3v) is 15.6. The van der Waals surface area contributed by atoms with Gasteiger partial charge in [-0.25, -0.2) is 13.2 Å². The summed E-state index contributed by atoms with van der Waals surface area (Å²) in [7, 11) is 0.0787. The molecule has 1 amide bonds. The number of unbranched alkanes of at least 4 members (excludes halogenated alkanes) is 2. The molecule has 1 saturated carbocycles. The van der Waals surface area contributed by atoms with Gasteiger partial charge >= 0.3 is 6.09 Å². The van der Waals surface area contributed by atoms with Gasteiger partial charge in [-0.15, -0.1) is 6.58 Å². The van der Waals surface area contributed by atoms with Gasteiger partial charge in [-0.3, -0.25) is 20.4 Å². The number of fused-ring (bicyclic) bond motifs is 3. The molecule has 6 unspecified atom stereocenters. The zero-order valence-electron chi connectivity index (χ0n) is 40.3. The van der Waals surface area contributed by atoms with Crippen LogP contribution in [0, 0.1) is 27.9 Å². The molecule has 3 aliphatic rings. The zero-order chi connectivity index (χ0) is 51.0. The predicted octanol–water partition coefficient (Wildman–Crippen LogP) is 8.93. The Balaban J connectivity index is 1.30. The first-order valence-corrected chi connectivity index (χ1v) is 25.3. The highest BCUT2D eigenvalue weighted by Gasteiger charge is 2.66. The number of carbonyl (C=O) groups excluding carboxylic acids is 1. The van der Waals surface area contributed by atoms with Gasteiger partial charge < -0.3 is 38.7 Å². The first-order valence-electron chi connectivity index (χ1n) is 23.8. The maximum absolute atomic E-state index is 15.3. The number of aliphatic hydroxyl groups excluding tert-OH is 2. The monoisotopic (exact) mass is 1010 g/mol. The maximum atomic E-state index is 15.3. The summed E-state index contributed by atoms with van der Waals surface area (Å²) in [6.07, 6.45) is 8.14. The number of allylic oxidation sites excluding steroid dienone is 1. The first kappa shape index (κ1) is 51.5. The number of amides is 1. The Morgan fingerprint density at radius 3 is 2.46 bits per heavy atom.